The lowest BCUT2D eigenvalue weighted by Crippen LogP contribution is -2.61. The maximum atomic E-state index is 2.64. The highest BCUT2D eigenvalue weighted by Gasteiger charge is 2.45. The molecule has 0 N–H and O–H groups in total. The van der Waals surface area contributed by atoms with Gasteiger partial charge in [-0.25, -0.2) is 0 Å². The van der Waals surface area contributed by atoms with Gasteiger partial charge in [0.1, 0.15) is 0 Å². The van der Waals surface area contributed by atoms with E-state index < -0.39 is 0 Å². The summed E-state index contributed by atoms with van der Waals surface area (Å²) in [5.74, 6) is 0. The lowest BCUT2D eigenvalue weighted by molar-refractivity contribution is 0.569. The van der Waals surface area contributed by atoms with Crippen molar-refractivity contribution in [2.24, 2.45) is 0 Å². The van der Waals surface area contributed by atoms with Crippen molar-refractivity contribution in [3.05, 3.63) is 259 Å². The molecule has 450 valence electrons. The minimum Gasteiger partial charge on any atom is -0.311 e. The molecule has 18 rings (SSSR count). The summed E-state index contributed by atoms with van der Waals surface area (Å²) in [6.07, 6.45) is 0. The van der Waals surface area contributed by atoms with Gasteiger partial charge in [0.15, 0.2) is 0 Å². The van der Waals surface area contributed by atoms with Gasteiger partial charge in [-0.2, -0.15) is 0 Å². The molecule has 0 spiro atoms. The quantitative estimate of drug-likeness (QED) is 0.160. The smallest absolute Gasteiger partial charge is 0.252 e. The SMILES string of the molecule is CC(C)(C)c1ccc(N2c3ccc(C(C)(C)C)cc3B3c4ccc(-c5cc6c7ccccc7n7c8ccccc8c(c5)c67)cc4N(c4ccc(-c5cc(C(C)(C)C)cc(C(C)(C)C)c5)cc4)c4cc(-c5ccc6c(c5)c5cccc7c8ccccc8n6c75)cc2c43)cc1. The van der Waals surface area contributed by atoms with Crippen LogP contribution in [0, 0.1) is 0 Å². The fraction of sp³-hybridized carbons (Fsp3) is 0.182. The zero-order chi connectivity index (χ0) is 63.5. The molecule has 0 saturated carbocycles. The van der Waals surface area contributed by atoms with Gasteiger partial charge in [-0.1, -0.05) is 229 Å². The van der Waals surface area contributed by atoms with Crippen molar-refractivity contribution in [3.8, 4) is 33.4 Å². The predicted molar refractivity (Wildman–Crippen MR) is 401 cm³/mol. The Balaban J connectivity index is 0.928. The normalized spacial score (nSPS) is 13.7. The summed E-state index contributed by atoms with van der Waals surface area (Å²) in [6.45, 7) is 27.9. The fourth-order valence-corrected chi connectivity index (χ4v) is 16.2. The molecule has 5 heteroatoms. The summed E-state index contributed by atoms with van der Waals surface area (Å²) >= 11 is 0. The van der Waals surface area contributed by atoms with E-state index in [1.54, 1.807) is 0 Å². The summed E-state index contributed by atoms with van der Waals surface area (Å²) in [5.41, 5.74) is 30.9. The zero-order valence-electron chi connectivity index (χ0n) is 55.4. The van der Waals surface area contributed by atoms with Gasteiger partial charge < -0.3 is 18.6 Å². The van der Waals surface area contributed by atoms with Crippen LogP contribution in [0.1, 0.15) is 105 Å². The van der Waals surface area contributed by atoms with Gasteiger partial charge in [0.05, 0.1) is 33.1 Å². The van der Waals surface area contributed by atoms with Crippen LogP contribution in [0.25, 0.3) is 110 Å². The number of fused-ring (bicyclic) bond motifs is 16. The van der Waals surface area contributed by atoms with Crippen molar-refractivity contribution in [1.82, 2.24) is 8.80 Å². The van der Waals surface area contributed by atoms with E-state index in [2.05, 4.69) is 338 Å². The molecule has 0 amide bonds. The number of hydrogen-bond acceptors (Lipinski definition) is 2. The van der Waals surface area contributed by atoms with E-state index in [0.29, 0.717) is 0 Å². The molecule has 0 bridgehead atoms. The Hall–Kier alpha value is -10.1. The lowest BCUT2D eigenvalue weighted by Gasteiger charge is -2.45. The van der Waals surface area contributed by atoms with Crippen molar-refractivity contribution in [2.45, 2.75) is 105 Å². The topological polar surface area (TPSA) is 15.3 Å². The molecule has 0 aliphatic carbocycles. The van der Waals surface area contributed by atoms with E-state index in [0.717, 1.165) is 11.4 Å². The van der Waals surface area contributed by atoms with Gasteiger partial charge in [-0.05, 0) is 185 Å². The minimum atomic E-state index is -0.0940. The highest BCUT2D eigenvalue weighted by Crippen LogP contribution is 2.50. The van der Waals surface area contributed by atoms with Crippen LogP contribution in [0.3, 0.4) is 0 Å². The van der Waals surface area contributed by atoms with Crippen molar-refractivity contribution in [3.63, 3.8) is 0 Å². The van der Waals surface area contributed by atoms with Crippen LogP contribution < -0.4 is 26.2 Å². The number of anilines is 6. The van der Waals surface area contributed by atoms with Gasteiger partial charge in [0, 0.05) is 77.2 Å². The minimum absolute atomic E-state index is 0.00896. The van der Waals surface area contributed by atoms with Gasteiger partial charge in [0.2, 0.25) is 0 Å². The molecule has 16 aromatic rings. The van der Waals surface area contributed by atoms with Crippen LogP contribution in [0.2, 0.25) is 0 Å². The zero-order valence-corrected chi connectivity index (χ0v) is 55.4. The second-order valence-electron chi connectivity index (χ2n) is 31.0. The van der Waals surface area contributed by atoms with Gasteiger partial charge in [-0.15, -0.1) is 0 Å². The van der Waals surface area contributed by atoms with E-state index in [4.69, 9.17) is 0 Å². The van der Waals surface area contributed by atoms with Gasteiger partial charge in [0.25, 0.3) is 6.71 Å². The van der Waals surface area contributed by atoms with Gasteiger partial charge >= 0.3 is 0 Å². The summed E-state index contributed by atoms with van der Waals surface area (Å²) in [4.78, 5) is 5.23. The third-order valence-corrected chi connectivity index (χ3v) is 21.1. The third-order valence-electron chi connectivity index (χ3n) is 21.1. The number of hydrogen-bond donors (Lipinski definition) is 0. The van der Waals surface area contributed by atoms with Crippen LogP contribution in [0.5, 0.6) is 0 Å². The fourth-order valence-electron chi connectivity index (χ4n) is 16.2. The first-order chi connectivity index (χ1) is 44.6. The van der Waals surface area contributed by atoms with E-state index in [1.807, 2.05) is 0 Å². The number of para-hydroxylation sites is 4. The highest BCUT2D eigenvalue weighted by molar-refractivity contribution is 7.00. The van der Waals surface area contributed by atoms with E-state index in [-0.39, 0.29) is 28.4 Å². The standard InChI is InChI=1S/C88H75BN4/c1-85(2,3)58-32-37-63(38-33-58)90-78-41-34-59(86(4,5)6)51-73(78)89-72-39-30-54(56-45-70-65-21-14-17-26-75(65)92-76-27-18-15-22-66(76)71(46-56)84(70)92)47-79(72)91(62-35-28-52(29-36-62)55-42-60(87(7,8)9)50-61(43-55)88(10,11)12)81-49-57(48-80(90)82(81)89)53-31-40-77-69(44-53)68-24-19-23-67-64-20-13-16-25-74(64)93(77)83(67)68/h13-51H,1-12H3. The summed E-state index contributed by atoms with van der Waals surface area (Å²) in [5, 5.41) is 10.2. The van der Waals surface area contributed by atoms with Gasteiger partial charge in [-0.3, -0.25) is 0 Å². The van der Waals surface area contributed by atoms with Crippen molar-refractivity contribution < 1.29 is 0 Å². The molecule has 6 heterocycles. The Labute approximate surface area is 545 Å². The molecule has 0 atom stereocenters. The Kier molecular flexibility index (Phi) is 11.5. The van der Waals surface area contributed by atoms with E-state index in [1.165, 1.54) is 171 Å². The molecule has 93 heavy (non-hydrogen) atoms. The van der Waals surface area contributed by atoms with Crippen molar-refractivity contribution in [1.29, 1.82) is 0 Å². The first-order valence-corrected chi connectivity index (χ1v) is 33.4. The second kappa shape index (κ2) is 19.2. The van der Waals surface area contributed by atoms with Crippen molar-refractivity contribution >= 4 is 133 Å². The van der Waals surface area contributed by atoms with E-state index >= 15 is 0 Å². The maximum Gasteiger partial charge on any atom is 0.252 e. The molecule has 0 radical (unpaired) electrons. The summed E-state index contributed by atoms with van der Waals surface area (Å²) in [7, 11) is 0. The summed E-state index contributed by atoms with van der Waals surface area (Å²) < 4.78 is 4.99. The maximum absolute atomic E-state index is 2.64. The number of benzene rings is 12. The number of aromatic nitrogens is 2. The first kappa shape index (κ1) is 55.7. The molecular formula is C88H75BN4. The first-order valence-electron chi connectivity index (χ1n) is 33.4. The molecule has 12 aromatic carbocycles. The lowest BCUT2D eigenvalue weighted by atomic mass is 9.33. The average molecular weight is 1200 g/mol. The Morgan fingerprint density at radius 2 is 0.656 bits per heavy atom. The average Bonchev–Trinajstić information content (AvgIpc) is 1.31. The highest BCUT2D eigenvalue weighted by atomic mass is 15.2. The van der Waals surface area contributed by atoms with Crippen LogP contribution in [-0.4, -0.2) is 15.5 Å². The Morgan fingerprint density at radius 3 is 1.23 bits per heavy atom. The molecule has 4 nitrogen and oxygen atoms in total. The monoisotopic (exact) mass is 1200 g/mol. The predicted octanol–water partition coefficient (Wildman–Crippen LogP) is 22.3. The molecule has 0 fully saturated rings. The molecule has 0 saturated heterocycles. The summed E-state index contributed by atoms with van der Waals surface area (Å²) in [6, 6.07) is 92.1. The van der Waals surface area contributed by atoms with E-state index in [9.17, 15) is 0 Å². The number of rotatable bonds is 5. The van der Waals surface area contributed by atoms with Crippen LogP contribution >= 0.6 is 0 Å². The Morgan fingerprint density at radius 1 is 0.247 bits per heavy atom. The van der Waals surface area contributed by atoms with Crippen LogP contribution in [0.15, 0.2) is 237 Å². The largest absolute Gasteiger partial charge is 0.311 e. The number of nitrogens with zero attached hydrogens (tertiary/aromatic N) is 4. The molecule has 4 aromatic heterocycles. The molecular weight excluding hydrogens is 1120 g/mol. The molecule has 2 aliphatic rings. The van der Waals surface area contributed by atoms with Crippen LogP contribution in [0.4, 0.5) is 34.1 Å². The van der Waals surface area contributed by atoms with Crippen molar-refractivity contribution in [2.75, 3.05) is 9.80 Å². The second-order valence-corrected chi connectivity index (χ2v) is 31.0. The Bertz CT molecular complexity index is 5670. The third kappa shape index (κ3) is 8.24. The molecule has 2 aliphatic heterocycles. The van der Waals surface area contributed by atoms with Crippen LogP contribution in [-0.2, 0) is 21.7 Å². The molecule has 0 unspecified atom stereocenters.